The van der Waals surface area contributed by atoms with Gasteiger partial charge in [0, 0.05) is 19.9 Å². The second kappa shape index (κ2) is 6.04. The van der Waals surface area contributed by atoms with Crippen LogP contribution in [0.5, 0.6) is 0 Å². The van der Waals surface area contributed by atoms with Gasteiger partial charge in [-0.05, 0) is 19.3 Å². The molecule has 1 atom stereocenters. The molecule has 21 heavy (non-hydrogen) atoms. The third-order valence-electron chi connectivity index (χ3n) is 3.39. The second-order valence-electron chi connectivity index (χ2n) is 5.17. The van der Waals surface area contributed by atoms with Crippen molar-refractivity contribution < 1.29 is 9.53 Å². The number of anilines is 1. The molecule has 8 nitrogen and oxygen atoms in total. The number of amides is 1. The van der Waals surface area contributed by atoms with E-state index in [1.165, 1.54) is 11.1 Å². The maximum absolute atomic E-state index is 11.9. The lowest BCUT2D eigenvalue weighted by molar-refractivity contribution is 0.00401. The first-order chi connectivity index (χ1) is 10.2. The average molecular weight is 290 g/mol. The molecule has 8 heteroatoms. The maximum atomic E-state index is 11.9. The average Bonchev–Trinajstić information content (AvgIpc) is 3.09. The molecule has 1 aliphatic heterocycles. The highest BCUT2D eigenvalue weighted by molar-refractivity contribution is 6.02. The van der Waals surface area contributed by atoms with Crippen molar-refractivity contribution in [2.75, 3.05) is 11.9 Å². The molecule has 1 aliphatic rings. The number of hydrogen-bond acceptors (Lipinski definition) is 5. The van der Waals surface area contributed by atoms with Crippen molar-refractivity contribution in [3.63, 3.8) is 0 Å². The van der Waals surface area contributed by atoms with E-state index in [9.17, 15) is 4.79 Å². The van der Waals surface area contributed by atoms with E-state index in [1.807, 2.05) is 0 Å². The van der Waals surface area contributed by atoms with Gasteiger partial charge in [0.05, 0.1) is 30.7 Å². The predicted molar refractivity (Wildman–Crippen MR) is 74.8 cm³/mol. The summed E-state index contributed by atoms with van der Waals surface area (Å²) in [5.41, 5.74) is 0.919. The smallest absolute Gasteiger partial charge is 0.277 e. The van der Waals surface area contributed by atoms with E-state index in [2.05, 4.69) is 20.7 Å². The summed E-state index contributed by atoms with van der Waals surface area (Å²) in [6.45, 7) is 1.53. The standard InChI is InChI=1S/C13H18N6O2/c1-18-9-12(16-17-18)13(20)15-10-6-14-19(7-10)8-11-4-2-3-5-21-11/h6-7,9,11H,2-5,8H2,1H3,(H,15,20)/t11-/m1/s1. The SMILES string of the molecule is Cn1cc(C(=O)Nc2cnn(C[C@H]3CCCCO3)c2)nn1. The number of rotatable bonds is 4. The molecule has 3 heterocycles. The van der Waals surface area contributed by atoms with Gasteiger partial charge >= 0.3 is 0 Å². The van der Waals surface area contributed by atoms with Crippen LogP contribution in [0.15, 0.2) is 18.6 Å². The van der Waals surface area contributed by atoms with Gasteiger partial charge in [0.15, 0.2) is 5.69 Å². The van der Waals surface area contributed by atoms with E-state index in [4.69, 9.17) is 4.74 Å². The minimum Gasteiger partial charge on any atom is -0.376 e. The third kappa shape index (κ3) is 3.46. The molecule has 0 bridgehead atoms. The van der Waals surface area contributed by atoms with Gasteiger partial charge in [-0.15, -0.1) is 5.10 Å². The van der Waals surface area contributed by atoms with Crippen molar-refractivity contribution in [1.82, 2.24) is 24.8 Å². The maximum Gasteiger partial charge on any atom is 0.277 e. The molecule has 2 aromatic rings. The van der Waals surface area contributed by atoms with Crippen molar-refractivity contribution in [3.05, 3.63) is 24.3 Å². The molecule has 1 N–H and O–H groups in total. The number of carbonyl (C=O) groups excluding carboxylic acids is 1. The van der Waals surface area contributed by atoms with Crippen LogP contribution in [0.25, 0.3) is 0 Å². The molecule has 0 unspecified atom stereocenters. The highest BCUT2D eigenvalue weighted by Crippen LogP contribution is 2.15. The van der Waals surface area contributed by atoms with E-state index in [1.54, 1.807) is 30.3 Å². The highest BCUT2D eigenvalue weighted by atomic mass is 16.5. The van der Waals surface area contributed by atoms with Gasteiger partial charge in [-0.2, -0.15) is 5.10 Å². The van der Waals surface area contributed by atoms with E-state index < -0.39 is 0 Å². The summed E-state index contributed by atoms with van der Waals surface area (Å²) in [5, 5.41) is 14.5. The predicted octanol–water partition coefficient (Wildman–Crippen LogP) is 0.833. The molecular formula is C13H18N6O2. The minimum absolute atomic E-state index is 0.210. The first-order valence-corrected chi connectivity index (χ1v) is 7.02. The molecule has 3 rings (SSSR count). The van der Waals surface area contributed by atoms with Crippen LogP contribution in [-0.2, 0) is 18.3 Å². The van der Waals surface area contributed by atoms with Crippen LogP contribution in [0, 0.1) is 0 Å². The summed E-state index contributed by atoms with van der Waals surface area (Å²) in [6.07, 6.45) is 8.58. The molecule has 0 aliphatic carbocycles. The van der Waals surface area contributed by atoms with Gasteiger partial charge < -0.3 is 10.1 Å². The molecule has 0 saturated carbocycles. The fraction of sp³-hybridized carbons (Fsp3) is 0.538. The van der Waals surface area contributed by atoms with Gasteiger partial charge in [0.25, 0.3) is 5.91 Å². The number of ether oxygens (including phenoxy) is 1. The summed E-state index contributed by atoms with van der Waals surface area (Å²) in [6, 6.07) is 0. The van der Waals surface area contributed by atoms with Crippen molar-refractivity contribution >= 4 is 11.6 Å². The Balaban J connectivity index is 1.58. The summed E-state index contributed by atoms with van der Waals surface area (Å²) < 4.78 is 8.95. The molecule has 1 amide bonds. The van der Waals surface area contributed by atoms with E-state index in [0.717, 1.165) is 19.4 Å². The molecule has 0 aromatic carbocycles. The van der Waals surface area contributed by atoms with Crippen LogP contribution in [0.2, 0.25) is 0 Å². The van der Waals surface area contributed by atoms with E-state index in [0.29, 0.717) is 12.2 Å². The largest absolute Gasteiger partial charge is 0.376 e. The third-order valence-corrected chi connectivity index (χ3v) is 3.39. The Morgan fingerprint density at radius 1 is 1.48 bits per heavy atom. The fourth-order valence-corrected chi connectivity index (χ4v) is 2.33. The van der Waals surface area contributed by atoms with Crippen molar-refractivity contribution in [3.8, 4) is 0 Å². The normalized spacial score (nSPS) is 18.6. The van der Waals surface area contributed by atoms with Crippen molar-refractivity contribution in [2.45, 2.75) is 31.9 Å². The van der Waals surface area contributed by atoms with Crippen molar-refractivity contribution in [1.29, 1.82) is 0 Å². The number of aryl methyl sites for hydroxylation is 1. The zero-order valence-electron chi connectivity index (χ0n) is 11.9. The number of carbonyl (C=O) groups is 1. The number of nitrogens with zero attached hydrogens (tertiary/aromatic N) is 5. The monoisotopic (exact) mass is 290 g/mol. The lowest BCUT2D eigenvalue weighted by Gasteiger charge is -2.22. The Hall–Kier alpha value is -2.22. The molecule has 1 fully saturated rings. The quantitative estimate of drug-likeness (QED) is 0.901. The topological polar surface area (TPSA) is 86.9 Å². The Kier molecular flexibility index (Phi) is 3.96. The van der Waals surface area contributed by atoms with Crippen LogP contribution >= 0.6 is 0 Å². The summed E-state index contributed by atoms with van der Waals surface area (Å²) >= 11 is 0. The first-order valence-electron chi connectivity index (χ1n) is 7.02. The van der Waals surface area contributed by atoms with Crippen LogP contribution in [-0.4, -0.2) is 43.4 Å². The zero-order valence-corrected chi connectivity index (χ0v) is 11.9. The van der Waals surface area contributed by atoms with Crippen LogP contribution in [0.3, 0.4) is 0 Å². The summed E-state index contributed by atoms with van der Waals surface area (Å²) in [5.74, 6) is -0.295. The minimum atomic E-state index is -0.295. The lowest BCUT2D eigenvalue weighted by atomic mass is 10.1. The van der Waals surface area contributed by atoms with E-state index in [-0.39, 0.29) is 17.7 Å². The number of nitrogens with one attached hydrogen (secondary N) is 1. The Morgan fingerprint density at radius 3 is 3.10 bits per heavy atom. The Morgan fingerprint density at radius 2 is 2.38 bits per heavy atom. The van der Waals surface area contributed by atoms with Gasteiger partial charge in [0.2, 0.25) is 0 Å². The molecule has 2 aromatic heterocycles. The molecule has 0 spiro atoms. The number of aromatic nitrogens is 5. The van der Waals surface area contributed by atoms with Gasteiger partial charge in [-0.25, -0.2) is 0 Å². The number of hydrogen-bond donors (Lipinski definition) is 1. The Bertz CT molecular complexity index is 614. The Labute approximate surface area is 122 Å². The molecule has 112 valence electrons. The fourth-order valence-electron chi connectivity index (χ4n) is 2.33. The summed E-state index contributed by atoms with van der Waals surface area (Å²) in [7, 11) is 1.71. The summed E-state index contributed by atoms with van der Waals surface area (Å²) in [4.78, 5) is 11.9. The molecule has 0 radical (unpaired) electrons. The first kappa shape index (κ1) is 13.7. The van der Waals surface area contributed by atoms with Gasteiger partial charge in [-0.3, -0.25) is 14.2 Å². The van der Waals surface area contributed by atoms with Crippen LogP contribution < -0.4 is 5.32 Å². The zero-order chi connectivity index (χ0) is 14.7. The van der Waals surface area contributed by atoms with Crippen LogP contribution in [0.1, 0.15) is 29.8 Å². The van der Waals surface area contributed by atoms with Gasteiger partial charge in [0.1, 0.15) is 0 Å². The lowest BCUT2D eigenvalue weighted by Crippen LogP contribution is -2.24. The van der Waals surface area contributed by atoms with Crippen LogP contribution in [0.4, 0.5) is 5.69 Å². The van der Waals surface area contributed by atoms with Gasteiger partial charge in [-0.1, -0.05) is 5.21 Å². The van der Waals surface area contributed by atoms with E-state index >= 15 is 0 Å². The highest BCUT2D eigenvalue weighted by Gasteiger charge is 2.16. The van der Waals surface area contributed by atoms with Crippen molar-refractivity contribution in [2.24, 2.45) is 7.05 Å². The molecule has 1 saturated heterocycles. The molecular weight excluding hydrogens is 272 g/mol. The second-order valence-corrected chi connectivity index (χ2v) is 5.17.